The molecule has 0 radical (unpaired) electrons. The molecule has 57 heavy (non-hydrogen) atoms. The van der Waals surface area contributed by atoms with Gasteiger partial charge in [0.05, 0.1) is 35.1 Å². The third kappa shape index (κ3) is 9.97. The van der Waals surface area contributed by atoms with E-state index in [-0.39, 0.29) is 25.5 Å². The van der Waals surface area contributed by atoms with E-state index in [1.54, 1.807) is 43.3 Å². The molecule has 0 saturated heterocycles. The van der Waals surface area contributed by atoms with Crippen molar-refractivity contribution in [2.45, 2.75) is 39.5 Å². The van der Waals surface area contributed by atoms with Gasteiger partial charge in [-0.25, -0.2) is 4.39 Å². The Bertz CT molecular complexity index is 2560. The molecule has 4 N–H and O–H groups in total. The molecular formula is C46H41Cl2FN4O4. The number of aromatic hydroxyl groups is 2. The van der Waals surface area contributed by atoms with Crippen molar-refractivity contribution in [1.29, 1.82) is 10.5 Å². The Balaban J connectivity index is 0.000000305. The molecule has 2 atom stereocenters. The lowest BCUT2D eigenvalue weighted by Crippen LogP contribution is -2.14. The number of anilines is 2. The van der Waals surface area contributed by atoms with E-state index in [2.05, 4.69) is 22.8 Å². The smallest absolute Gasteiger partial charge is 0.259 e. The number of carbonyl (C=O) groups excluding carboxylic acids is 2. The van der Waals surface area contributed by atoms with Gasteiger partial charge in [0, 0.05) is 24.3 Å². The normalized spacial score (nSPS) is 11.5. The number of nitrogens with zero attached hydrogens (tertiary/aromatic N) is 2. The highest BCUT2D eigenvalue weighted by Gasteiger charge is 2.22. The van der Waals surface area contributed by atoms with E-state index < -0.39 is 29.5 Å². The maximum Gasteiger partial charge on any atom is 0.259 e. The average Bonchev–Trinajstić information content (AvgIpc) is 3.18. The number of nitriles is 2. The van der Waals surface area contributed by atoms with Gasteiger partial charge in [-0.2, -0.15) is 10.5 Å². The van der Waals surface area contributed by atoms with Crippen molar-refractivity contribution in [2.75, 3.05) is 10.6 Å². The molecule has 0 bridgehead atoms. The quantitative estimate of drug-likeness (QED) is 0.120. The minimum Gasteiger partial charge on any atom is -0.507 e. The largest absolute Gasteiger partial charge is 0.507 e. The van der Waals surface area contributed by atoms with Crippen molar-refractivity contribution < 1.29 is 27.0 Å². The number of phenols is 2. The zero-order valence-electron chi connectivity index (χ0n) is 31.4. The standard InChI is InChI=1S/C23H18ClFN2O2.C23H19ClN2O2.2H2/c1-13-3-5-15(6-4-13)19(12-26)17-9-14(2)21(11-20(17)24)27-23(29)18-10-16(25)7-8-22(18)28;1-14-7-9-16(10-8-14)19(13-25)18-11-15(2)21(12-20(18)24)26-23(28)17-5-3-4-6-22(17)27;;/h3-11,19,28H,1-2H3,(H,27,29);3-12,19,27H,1-2H3,(H,26,28);2*1H. The van der Waals surface area contributed by atoms with Crippen molar-refractivity contribution in [3.05, 3.63) is 187 Å². The van der Waals surface area contributed by atoms with E-state index in [1.807, 2.05) is 75.4 Å². The van der Waals surface area contributed by atoms with E-state index in [1.165, 1.54) is 6.07 Å². The van der Waals surface area contributed by atoms with E-state index in [4.69, 9.17) is 23.2 Å². The molecule has 0 heterocycles. The predicted molar refractivity (Wildman–Crippen MR) is 226 cm³/mol. The van der Waals surface area contributed by atoms with Crippen LogP contribution in [-0.2, 0) is 0 Å². The molecule has 0 aliphatic carbocycles. The Morgan fingerprint density at radius 2 is 1.04 bits per heavy atom. The number of nitrogens with one attached hydrogen (secondary N) is 2. The maximum atomic E-state index is 13.4. The minimum absolute atomic E-state index is 0. The summed E-state index contributed by atoms with van der Waals surface area (Å²) in [5.41, 5.74) is 7.59. The molecule has 8 nitrogen and oxygen atoms in total. The number of amides is 2. The number of para-hydroxylation sites is 1. The van der Waals surface area contributed by atoms with Crippen molar-refractivity contribution in [3.8, 4) is 23.6 Å². The van der Waals surface area contributed by atoms with Crippen LogP contribution in [0.2, 0.25) is 10.0 Å². The lowest BCUT2D eigenvalue weighted by molar-refractivity contribution is 0.101. The second-order valence-electron chi connectivity index (χ2n) is 13.4. The lowest BCUT2D eigenvalue weighted by atomic mass is 9.90. The van der Waals surface area contributed by atoms with Crippen LogP contribution in [0.25, 0.3) is 0 Å². The zero-order chi connectivity index (χ0) is 41.4. The van der Waals surface area contributed by atoms with Gasteiger partial charge >= 0.3 is 0 Å². The van der Waals surface area contributed by atoms with Crippen molar-refractivity contribution in [3.63, 3.8) is 0 Å². The first kappa shape index (κ1) is 41.5. The van der Waals surface area contributed by atoms with E-state index in [0.717, 1.165) is 46.0 Å². The third-order valence-corrected chi connectivity index (χ3v) is 9.89. The number of hydrogen-bond donors (Lipinski definition) is 4. The Hall–Kier alpha value is -6.65. The summed E-state index contributed by atoms with van der Waals surface area (Å²) in [6.45, 7) is 7.56. The van der Waals surface area contributed by atoms with Crippen LogP contribution in [0.15, 0.2) is 115 Å². The van der Waals surface area contributed by atoms with Crippen LogP contribution in [0.1, 0.15) is 79.9 Å². The molecule has 290 valence electrons. The van der Waals surface area contributed by atoms with Crippen LogP contribution in [0.5, 0.6) is 11.5 Å². The van der Waals surface area contributed by atoms with Crippen LogP contribution < -0.4 is 10.6 Å². The topological polar surface area (TPSA) is 146 Å². The SMILES string of the molecule is Cc1ccc(C(C#N)c2cc(C)c(NC(=O)c3cc(F)ccc3O)cc2Cl)cc1.Cc1ccc(C(C#N)c2cc(C)c(NC(=O)c3ccccc3O)cc2Cl)cc1.[HH].[HH]. The first-order chi connectivity index (χ1) is 27.2. The van der Waals surface area contributed by atoms with Crippen molar-refractivity contribution in [1.82, 2.24) is 0 Å². The van der Waals surface area contributed by atoms with Gasteiger partial charge in [0.1, 0.15) is 17.3 Å². The molecule has 6 rings (SSSR count). The highest BCUT2D eigenvalue weighted by molar-refractivity contribution is 6.32. The summed E-state index contributed by atoms with van der Waals surface area (Å²) in [6.07, 6.45) is 0. The Kier molecular flexibility index (Phi) is 13.3. The number of carbonyl (C=O) groups is 2. The second kappa shape index (κ2) is 18.3. The summed E-state index contributed by atoms with van der Waals surface area (Å²) in [5, 5.41) is 45.2. The molecule has 0 spiro atoms. The Morgan fingerprint density at radius 3 is 1.47 bits per heavy atom. The fraction of sp³-hybridized carbons (Fsp3) is 0.130. The minimum atomic E-state index is -0.663. The van der Waals surface area contributed by atoms with E-state index in [9.17, 15) is 34.7 Å². The summed E-state index contributed by atoms with van der Waals surface area (Å²) in [6, 6.07) is 36.2. The monoisotopic (exact) mass is 802 g/mol. The molecule has 2 unspecified atom stereocenters. The van der Waals surface area contributed by atoms with Crippen LogP contribution in [-0.4, -0.2) is 22.0 Å². The summed E-state index contributed by atoms with van der Waals surface area (Å²) < 4.78 is 13.4. The van der Waals surface area contributed by atoms with Crippen LogP contribution in [0.3, 0.4) is 0 Å². The van der Waals surface area contributed by atoms with Gasteiger partial charge in [0.2, 0.25) is 0 Å². The van der Waals surface area contributed by atoms with Gasteiger partial charge in [-0.3, -0.25) is 9.59 Å². The van der Waals surface area contributed by atoms with Gasteiger partial charge in [-0.05, 0) is 104 Å². The first-order valence-corrected chi connectivity index (χ1v) is 18.4. The third-order valence-electron chi connectivity index (χ3n) is 9.24. The van der Waals surface area contributed by atoms with Crippen molar-refractivity contribution in [2.24, 2.45) is 0 Å². The molecule has 0 aliphatic rings. The number of hydrogen-bond acceptors (Lipinski definition) is 6. The van der Waals surface area contributed by atoms with E-state index >= 15 is 0 Å². The summed E-state index contributed by atoms with van der Waals surface area (Å²) >= 11 is 12.9. The number of benzene rings is 6. The average molecular weight is 804 g/mol. The molecule has 0 aromatic heterocycles. The summed E-state index contributed by atoms with van der Waals surface area (Å²) in [5.74, 6) is -3.20. The Labute approximate surface area is 343 Å². The maximum absolute atomic E-state index is 13.4. The highest BCUT2D eigenvalue weighted by atomic mass is 35.5. The molecular weight excluding hydrogens is 762 g/mol. The highest BCUT2D eigenvalue weighted by Crippen LogP contribution is 2.36. The van der Waals surface area contributed by atoms with Crippen LogP contribution in [0.4, 0.5) is 15.8 Å². The summed E-state index contributed by atoms with van der Waals surface area (Å²) in [4.78, 5) is 24.9. The van der Waals surface area contributed by atoms with Crippen LogP contribution >= 0.6 is 23.2 Å². The number of phenolic OH excluding ortho intramolecular Hbond substituents is 2. The zero-order valence-corrected chi connectivity index (χ0v) is 32.9. The number of rotatable bonds is 8. The molecule has 6 aromatic rings. The van der Waals surface area contributed by atoms with Gasteiger partial charge in [-0.1, -0.05) is 107 Å². The first-order valence-electron chi connectivity index (χ1n) is 17.6. The van der Waals surface area contributed by atoms with Crippen LogP contribution in [0, 0.1) is 56.2 Å². The fourth-order valence-corrected chi connectivity index (χ4v) is 6.57. The van der Waals surface area contributed by atoms with Gasteiger partial charge in [-0.15, -0.1) is 0 Å². The molecule has 0 fully saturated rings. The predicted octanol–water partition coefficient (Wildman–Crippen LogP) is 11.8. The fourth-order valence-electron chi connectivity index (χ4n) is 6.02. The molecule has 0 aliphatic heterocycles. The van der Waals surface area contributed by atoms with Crippen molar-refractivity contribution >= 4 is 46.4 Å². The molecule has 2 amide bonds. The van der Waals surface area contributed by atoms with Gasteiger partial charge in [0.25, 0.3) is 11.8 Å². The number of aryl methyl sites for hydroxylation is 4. The van der Waals surface area contributed by atoms with E-state index in [0.29, 0.717) is 38.1 Å². The lowest BCUT2D eigenvalue weighted by Gasteiger charge is -2.16. The van der Waals surface area contributed by atoms with Gasteiger partial charge < -0.3 is 20.8 Å². The Morgan fingerprint density at radius 1 is 0.614 bits per heavy atom. The summed E-state index contributed by atoms with van der Waals surface area (Å²) in [7, 11) is 0. The number of halogens is 3. The molecule has 0 saturated carbocycles. The molecule has 6 aromatic carbocycles. The molecule has 11 heteroatoms. The van der Waals surface area contributed by atoms with Gasteiger partial charge in [0.15, 0.2) is 0 Å². The second-order valence-corrected chi connectivity index (χ2v) is 14.2.